The highest BCUT2D eigenvalue weighted by atomic mass is 127. The van der Waals surface area contributed by atoms with Crippen molar-refractivity contribution in [1.82, 2.24) is 20.4 Å². The molecule has 160 valence electrons. The number of hydrogen-bond donors (Lipinski definition) is 2. The molecular formula is C22H34IN5S. The Balaban J connectivity index is 0.00000300. The van der Waals surface area contributed by atoms with Crippen LogP contribution in [0.5, 0.6) is 0 Å². The molecule has 0 unspecified atom stereocenters. The number of halogens is 1. The number of aliphatic imine (C=N–C) groups is 1. The summed E-state index contributed by atoms with van der Waals surface area (Å²) in [5.74, 6) is 0.892. The normalized spacial score (nSPS) is 15.7. The first-order valence-electron chi connectivity index (χ1n) is 10.3. The van der Waals surface area contributed by atoms with Crippen molar-refractivity contribution in [3.63, 3.8) is 0 Å². The summed E-state index contributed by atoms with van der Waals surface area (Å²) in [6.45, 7) is 8.80. The summed E-state index contributed by atoms with van der Waals surface area (Å²) in [6, 6.07) is 15.0. The highest BCUT2D eigenvalue weighted by Crippen LogP contribution is 2.09. The summed E-state index contributed by atoms with van der Waals surface area (Å²) in [5.41, 5.74) is 1.42. The van der Waals surface area contributed by atoms with E-state index in [1.165, 1.54) is 56.0 Å². The smallest absolute Gasteiger partial charge is 0.191 e. The quantitative estimate of drug-likeness (QED) is 0.226. The molecule has 5 nitrogen and oxygen atoms in total. The highest BCUT2D eigenvalue weighted by molar-refractivity contribution is 14.0. The second-order valence-electron chi connectivity index (χ2n) is 7.24. The number of piperazine rings is 1. The molecule has 3 rings (SSSR count). The van der Waals surface area contributed by atoms with E-state index in [1.807, 2.05) is 7.05 Å². The zero-order chi connectivity index (χ0) is 19.4. The van der Waals surface area contributed by atoms with Gasteiger partial charge in [-0.1, -0.05) is 36.4 Å². The number of guanidine groups is 1. The monoisotopic (exact) mass is 527 g/mol. The SMILES string of the molecule is CN=C(NCCCCN1CCN(Cc2ccccc2)CC1)NCc1cccs1.I. The number of nitrogens with zero attached hydrogens (tertiary/aromatic N) is 3. The van der Waals surface area contributed by atoms with Crippen LogP contribution in [0, 0.1) is 0 Å². The molecule has 7 heteroatoms. The molecule has 1 saturated heterocycles. The van der Waals surface area contributed by atoms with Crippen molar-refractivity contribution in [3.8, 4) is 0 Å². The van der Waals surface area contributed by atoms with Crippen LogP contribution in [0.15, 0.2) is 52.8 Å². The lowest BCUT2D eigenvalue weighted by Gasteiger charge is -2.34. The summed E-state index contributed by atoms with van der Waals surface area (Å²) < 4.78 is 0. The minimum absolute atomic E-state index is 0. The van der Waals surface area contributed by atoms with Crippen molar-refractivity contribution in [2.75, 3.05) is 46.3 Å². The van der Waals surface area contributed by atoms with E-state index < -0.39 is 0 Å². The first-order chi connectivity index (χ1) is 13.8. The maximum Gasteiger partial charge on any atom is 0.191 e. The average molecular weight is 528 g/mol. The van der Waals surface area contributed by atoms with Gasteiger partial charge in [0.2, 0.25) is 0 Å². The van der Waals surface area contributed by atoms with Gasteiger partial charge in [0.25, 0.3) is 0 Å². The number of hydrogen-bond acceptors (Lipinski definition) is 4. The summed E-state index contributed by atoms with van der Waals surface area (Å²) in [7, 11) is 1.83. The molecule has 0 radical (unpaired) electrons. The van der Waals surface area contributed by atoms with Crippen LogP contribution in [-0.2, 0) is 13.1 Å². The lowest BCUT2D eigenvalue weighted by atomic mass is 10.2. The predicted octanol–water partition coefficient (Wildman–Crippen LogP) is 3.63. The number of unbranched alkanes of at least 4 members (excludes halogenated alkanes) is 1. The Bertz CT molecular complexity index is 684. The summed E-state index contributed by atoms with van der Waals surface area (Å²) in [6.07, 6.45) is 2.40. The van der Waals surface area contributed by atoms with E-state index in [0.29, 0.717) is 0 Å². The van der Waals surface area contributed by atoms with Crippen molar-refractivity contribution >= 4 is 41.3 Å². The Labute approximate surface area is 196 Å². The van der Waals surface area contributed by atoms with Gasteiger partial charge < -0.3 is 15.5 Å². The minimum atomic E-state index is 0. The van der Waals surface area contributed by atoms with Gasteiger partial charge in [-0.3, -0.25) is 9.89 Å². The lowest BCUT2D eigenvalue weighted by Crippen LogP contribution is -2.46. The second-order valence-corrected chi connectivity index (χ2v) is 8.27. The Morgan fingerprint density at radius 1 is 0.966 bits per heavy atom. The molecule has 1 fully saturated rings. The molecule has 2 aromatic rings. The lowest BCUT2D eigenvalue weighted by molar-refractivity contribution is 0.126. The molecule has 1 aromatic carbocycles. The topological polar surface area (TPSA) is 42.9 Å². The van der Waals surface area contributed by atoms with Gasteiger partial charge in [0.1, 0.15) is 0 Å². The fourth-order valence-electron chi connectivity index (χ4n) is 3.48. The Morgan fingerprint density at radius 3 is 2.41 bits per heavy atom. The largest absolute Gasteiger partial charge is 0.356 e. The molecule has 1 aromatic heterocycles. The Hall–Kier alpha value is -1.16. The highest BCUT2D eigenvalue weighted by Gasteiger charge is 2.16. The molecule has 0 spiro atoms. The summed E-state index contributed by atoms with van der Waals surface area (Å²) >= 11 is 1.77. The van der Waals surface area contributed by atoms with E-state index in [0.717, 1.165) is 25.6 Å². The van der Waals surface area contributed by atoms with Crippen molar-refractivity contribution in [1.29, 1.82) is 0 Å². The third kappa shape index (κ3) is 9.02. The van der Waals surface area contributed by atoms with E-state index in [4.69, 9.17) is 0 Å². The van der Waals surface area contributed by atoms with E-state index in [1.54, 1.807) is 11.3 Å². The zero-order valence-electron chi connectivity index (χ0n) is 17.3. The zero-order valence-corrected chi connectivity index (χ0v) is 20.5. The standard InChI is InChI=1S/C22H33N5S.HI/c1-23-22(25-18-21-10-7-17-28-21)24-11-5-6-12-26-13-15-27(16-14-26)19-20-8-3-2-4-9-20;/h2-4,7-10,17H,5-6,11-16,18-19H2,1H3,(H2,23,24,25);1H. The van der Waals surface area contributed by atoms with Crippen LogP contribution in [0.25, 0.3) is 0 Å². The molecule has 29 heavy (non-hydrogen) atoms. The van der Waals surface area contributed by atoms with Crippen LogP contribution < -0.4 is 10.6 Å². The average Bonchev–Trinajstić information content (AvgIpc) is 3.26. The van der Waals surface area contributed by atoms with E-state index in [2.05, 4.69) is 73.3 Å². The van der Waals surface area contributed by atoms with Gasteiger partial charge in [-0.25, -0.2) is 0 Å². The van der Waals surface area contributed by atoms with E-state index in [9.17, 15) is 0 Å². The van der Waals surface area contributed by atoms with Crippen LogP contribution >= 0.6 is 35.3 Å². The van der Waals surface area contributed by atoms with Crippen molar-refractivity contribution < 1.29 is 0 Å². The van der Waals surface area contributed by atoms with Gasteiger partial charge in [0, 0.05) is 51.2 Å². The molecule has 0 amide bonds. The fraction of sp³-hybridized carbons (Fsp3) is 0.500. The number of rotatable bonds is 9. The number of nitrogens with one attached hydrogen (secondary N) is 2. The Morgan fingerprint density at radius 2 is 1.72 bits per heavy atom. The third-order valence-corrected chi connectivity index (χ3v) is 6.02. The molecule has 2 heterocycles. The third-order valence-electron chi connectivity index (χ3n) is 5.14. The van der Waals surface area contributed by atoms with Crippen molar-refractivity contribution in [2.45, 2.75) is 25.9 Å². The maximum absolute atomic E-state index is 4.30. The van der Waals surface area contributed by atoms with Gasteiger partial charge in [-0.2, -0.15) is 0 Å². The van der Waals surface area contributed by atoms with E-state index in [-0.39, 0.29) is 24.0 Å². The fourth-order valence-corrected chi connectivity index (χ4v) is 4.13. The maximum atomic E-state index is 4.30. The van der Waals surface area contributed by atoms with Gasteiger partial charge in [-0.05, 0) is 36.4 Å². The molecule has 0 bridgehead atoms. The number of thiophene rings is 1. The molecular weight excluding hydrogens is 493 g/mol. The molecule has 0 saturated carbocycles. The minimum Gasteiger partial charge on any atom is -0.356 e. The van der Waals surface area contributed by atoms with Gasteiger partial charge in [0.05, 0.1) is 6.54 Å². The van der Waals surface area contributed by atoms with Crippen LogP contribution in [0.2, 0.25) is 0 Å². The van der Waals surface area contributed by atoms with Crippen molar-refractivity contribution in [2.24, 2.45) is 4.99 Å². The Kier molecular flexibility index (Phi) is 11.6. The van der Waals surface area contributed by atoms with Gasteiger partial charge in [-0.15, -0.1) is 35.3 Å². The van der Waals surface area contributed by atoms with Crippen LogP contribution in [0.3, 0.4) is 0 Å². The van der Waals surface area contributed by atoms with E-state index >= 15 is 0 Å². The van der Waals surface area contributed by atoms with Crippen LogP contribution in [0.1, 0.15) is 23.3 Å². The molecule has 0 aliphatic carbocycles. The first kappa shape index (κ1) is 24.1. The molecule has 2 N–H and O–H groups in total. The summed E-state index contributed by atoms with van der Waals surface area (Å²) in [4.78, 5) is 10.8. The first-order valence-corrected chi connectivity index (χ1v) is 11.2. The van der Waals surface area contributed by atoms with Gasteiger partial charge >= 0.3 is 0 Å². The van der Waals surface area contributed by atoms with Crippen LogP contribution in [-0.4, -0.2) is 62.1 Å². The number of benzene rings is 1. The predicted molar refractivity (Wildman–Crippen MR) is 135 cm³/mol. The van der Waals surface area contributed by atoms with Crippen LogP contribution in [0.4, 0.5) is 0 Å². The molecule has 0 atom stereocenters. The molecule has 1 aliphatic heterocycles. The summed E-state index contributed by atoms with van der Waals surface area (Å²) in [5, 5.41) is 8.90. The molecule has 1 aliphatic rings. The van der Waals surface area contributed by atoms with Crippen molar-refractivity contribution in [3.05, 3.63) is 58.3 Å². The second kappa shape index (κ2) is 14.0. The van der Waals surface area contributed by atoms with Gasteiger partial charge in [0.15, 0.2) is 5.96 Å².